The van der Waals surface area contributed by atoms with Gasteiger partial charge in [-0.2, -0.15) is 0 Å². The normalized spacial score (nSPS) is 19.4. The number of para-hydroxylation sites is 1. The van der Waals surface area contributed by atoms with Crippen molar-refractivity contribution in [1.29, 1.82) is 0 Å². The second-order valence-corrected chi connectivity index (χ2v) is 8.97. The Labute approximate surface area is 183 Å². The molecule has 0 radical (unpaired) electrons. The minimum atomic E-state index is -0.451. The number of aromatic nitrogens is 1. The highest BCUT2D eigenvalue weighted by molar-refractivity contribution is 7.12. The number of carbonyl (C=O) groups excluding carboxylic acids is 2. The SMILES string of the molecule is O=C(Nc1ccccc1)Nc1ccc2n(c1=O)C[C@@H]1C[C@@H]2CN(C(=O)c2cccs2)C1. The minimum absolute atomic E-state index is 0.0661. The summed E-state index contributed by atoms with van der Waals surface area (Å²) in [5, 5.41) is 7.31. The molecule has 2 bridgehead atoms. The highest BCUT2D eigenvalue weighted by atomic mass is 32.1. The third-order valence-electron chi connectivity index (χ3n) is 5.90. The van der Waals surface area contributed by atoms with Gasteiger partial charge in [-0.1, -0.05) is 24.3 Å². The Bertz CT molecular complexity index is 1170. The summed E-state index contributed by atoms with van der Waals surface area (Å²) in [4.78, 5) is 40.9. The maximum Gasteiger partial charge on any atom is 0.323 e. The van der Waals surface area contributed by atoms with E-state index >= 15 is 0 Å². The number of hydrogen-bond acceptors (Lipinski definition) is 4. The second-order valence-electron chi connectivity index (χ2n) is 8.02. The van der Waals surface area contributed by atoms with Crippen molar-refractivity contribution in [2.75, 3.05) is 23.7 Å². The molecule has 0 aliphatic carbocycles. The Morgan fingerprint density at radius 1 is 0.935 bits per heavy atom. The monoisotopic (exact) mass is 434 g/mol. The number of hydrogen-bond donors (Lipinski definition) is 2. The van der Waals surface area contributed by atoms with Crippen LogP contribution < -0.4 is 16.2 Å². The van der Waals surface area contributed by atoms with Crippen molar-refractivity contribution in [2.24, 2.45) is 5.92 Å². The molecule has 0 unspecified atom stereocenters. The molecule has 1 aromatic carbocycles. The van der Waals surface area contributed by atoms with Gasteiger partial charge in [-0.05, 0) is 48.1 Å². The van der Waals surface area contributed by atoms with Gasteiger partial charge in [-0.15, -0.1) is 11.3 Å². The molecule has 2 aromatic heterocycles. The Kier molecular flexibility index (Phi) is 5.07. The van der Waals surface area contributed by atoms with Gasteiger partial charge in [-0.3, -0.25) is 9.59 Å². The van der Waals surface area contributed by atoms with E-state index in [9.17, 15) is 14.4 Å². The van der Waals surface area contributed by atoms with Crippen LogP contribution in [0.15, 0.2) is 64.8 Å². The van der Waals surface area contributed by atoms with Crippen LogP contribution in [0, 0.1) is 5.92 Å². The van der Waals surface area contributed by atoms with Gasteiger partial charge < -0.3 is 20.1 Å². The largest absolute Gasteiger partial charge is 0.337 e. The number of piperidine rings is 1. The van der Waals surface area contributed by atoms with Crippen LogP contribution in [0.5, 0.6) is 0 Å². The summed E-state index contributed by atoms with van der Waals surface area (Å²) in [5.74, 6) is 0.411. The van der Waals surface area contributed by atoms with Gasteiger partial charge in [0.25, 0.3) is 11.5 Å². The summed E-state index contributed by atoms with van der Waals surface area (Å²) in [7, 11) is 0. The fourth-order valence-electron chi connectivity index (χ4n) is 4.57. The molecule has 0 saturated carbocycles. The highest BCUT2D eigenvalue weighted by Crippen LogP contribution is 2.36. The molecule has 2 aliphatic rings. The number of likely N-dealkylation sites (tertiary alicyclic amines) is 1. The lowest BCUT2D eigenvalue weighted by Crippen LogP contribution is -2.49. The first-order chi connectivity index (χ1) is 15.1. The van der Waals surface area contributed by atoms with Gasteiger partial charge in [0.2, 0.25) is 0 Å². The van der Waals surface area contributed by atoms with Crippen LogP contribution in [0.3, 0.4) is 0 Å². The van der Waals surface area contributed by atoms with E-state index in [1.165, 1.54) is 11.3 Å². The first-order valence-corrected chi connectivity index (χ1v) is 11.2. The summed E-state index contributed by atoms with van der Waals surface area (Å²) in [6.45, 7) is 1.80. The lowest BCUT2D eigenvalue weighted by atomic mass is 9.83. The van der Waals surface area contributed by atoms with Crippen LogP contribution in [0.4, 0.5) is 16.2 Å². The average molecular weight is 435 g/mol. The van der Waals surface area contributed by atoms with Gasteiger partial charge >= 0.3 is 6.03 Å². The summed E-state index contributed by atoms with van der Waals surface area (Å²) in [5.41, 5.74) is 1.64. The first-order valence-electron chi connectivity index (χ1n) is 10.3. The van der Waals surface area contributed by atoms with Crippen LogP contribution in [0.25, 0.3) is 0 Å². The maximum absolute atomic E-state index is 13.1. The number of fused-ring (bicyclic) bond motifs is 4. The lowest BCUT2D eigenvalue weighted by molar-refractivity contribution is 0.0599. The predicted octanol–water partition coefficient (Wildman–Crippen LogP) is 3.81. The van der Waals surface area contributed by atoms with Gasteiger partial charge in [-0.25, -0.2) is 4.79 Å². The topological polar surface area (TPSA) is 83.4 Å². The molecule has 8 heteroatoms. The van der Waals surface area contributed by atoms with Crippen LogP contribution >= 0.6 is 11.3 Å². The third kappa shape index (κ3) is 3.86. The molecular formula is C23H22N4O3S. The van der Waals surface area contributed by atoms with Gasteiger partial charge in [0.05, 0.1) is 4.88 Å². The Balaban J connectivity index is 1.34. The van der Waals surface area contributed by atoms with Crippen molar-refractivity contribution in [3.05, 3.63) is 80.9 Å². The van der Waals surface area contributed by atoms with Crippen LogP contribution in [0.2, 0.25) is 0 Å². The van der Waals surface area contributed by atoms with E-state index in [4.69, 9.17) is 0 Å². The maximum atomic E-state index is 13.1. The lowest BCUT2D eigenvalue weighted by Gasteiger charge is -2.42. The van der Waals surface area contributed by atoms with Crippen molar-refractivity contribution < 1.29 is 9.59 Å². The molecule has 7 nitrogen and oxygen atoms in total. The first kappa shape index (κ1) is 19.6. The number of anilines is 2. The van der Waals surface area contributed by atoms with Crippen LogP contribution in [-0.4, -0.2) is 34.5 Å². The smallest absolute Gasteiger partial charge is 0.323 e. The molecule has 0 spiro atoms. The van der Waals surface area contributed by atoms with E-state index < -0.39 is 6.03 Å². The zero-order valence-corrected chi connectivity index (χ0v) is 17.6. The number of urea groups is 1. The van der Waals surface area contributed by atoms with Crippen LogP contribution in [-0.2, 0) is 6.54 Å². The minimum Gasteiger partial charge on any atom is -0.337 e. The average Bonchev–Trinajstić information content (AvgIpc) is 3.31. The van der Waals surface area contributed by atoms with E-state index in [2.05, 4.69) is 10.6 Å². The summed E-state index contributed by atoms with van der Waals surface area (Å²) in [6, 6.07) is 15.9. The zero-order chi connectivity index (χ0) is 21.4. The van der Waals surface area contributed by atoms with Crippen molar-refractivity contribution in [3.8, 4) is 0 Å². The zero-order valence-electron chi connectivity index (χ0n) is 16.8. The number of carbonyl (C=O) groups is 2. The molecule has 5 rings (SSSR count). The molecule has 3 amide bonds. The fourth-order valence-corrected chi connectivity index (χ4v) is 5.26. The highest BCUT2D eigenvalue weighted by Gasteiger charge is 2.37. The summed E-state index contributed by atoms with van der Waals surface area (Å²) >= 11 is 1.46. The molecule has 2 atom stereocenters. The van der Waals surface area contributed by atoms with E-state index in [0.29, 0.717) is 25.3 Å². The van der Waals surface area contributed by atoms with Gasteiger partial charge in [0, 0.05) is 36.9 Å². The van der Waals surface area contributed by atoms with Crippen molar-refractivity contribution in [1.82, 2.24) is 9.47 Å². The number of thiophene rings is 1. The number of rotatable bonds is 3. The molecule has 31 heavy (non-hydrogen) atoms. The molecule has 2 aliphatic heterocycles. The van der Waals surface area contributed by atoms with E-state index in [1.807, 2.05) is 46.7 Å². The Morgan fingerprint density at radius 2 is 1.77 bits per heavy atom. The number of nitrogens with one attached hydrogen (secondary N) is 2. The molecule has 3 aromatic rings. The third-order valence-corrected chi connectivity index (χ3v) is 6.76. The Hall–Kier alpha value is -3.39. The number of amides is 3. The number of nitrogens with zero attached hydrogens (tertiary/aromatic N) is 2. The Morgan fingerprint density at radius 3 is 2.55 bits per heavy atom. The van der Waals surface area contributed by atoms with Crippen LogP contribution in [0.1, 0.15) is 27.7 Å². The molecule has 158 valence electrons. The van der Waals surface area contributed by atoms with Gasteiger partial charge in [0.1, 0.15) is 5.69 Å². The van der Waals surface area contributed by atoms with E-state index in [1.54, 1.807) is 22.8 Å². The molecular weight excluding hydrogens is 412 g/mol. The van der Waals surface area contributed by atoms with E-state index in [0.717, 1.165) is 17.0 Å². The quantitative estimate of drug-likeness (QED) is 0.658. The summed E-state index contributed by atoms with van der Waals surface area (Å²) < 4.78 is 1.77. The molecule has 2 N–H and O–H groups in total. The van der Waals surface area contributed by atoms with Crippen molar-refractivity contribution in [3.63, 3.8) is 0 Å². The summed E-state index contributed by atoms with van der Waals surface area (Å²) in [6.07, 6.45) is 0.967. The molecule has 1 saturated heterocycles. The molecule has 1 fully saturated rings. The van der Waals surface area contributed by atoms with E-state index in [-0.39, 0.29) is 29.0 Å². The van der Waals surface area contributed by atoms with Crippen molar-refractivity contribution in [2.45, 2.75) is 18.9 Å². The standard InChI is InChI=1S/C23H22N4O3S/c28-21-18(25-23(30)24-17-5-2-1-3-6-17)8-9-19-16-11-15(13-27(19)21)12-26(14-16)22(29)20-7-4-10-31-20/h1-10,15-16H,11-14H2,(H2,24,25,30)/t15-,16-/m1/s1. The van der Waals surface area contributed by atoms with Crippen molar-refractivity contribution >= 4 is 34.6 Å². The second kappa shape index (κ2) is 8.03. The number of pyridine rings is 1. The van der Waals surface area contributed by atoms with Gasteiger partial charge in [0.15, 0.2) is 0 Å². The number of benzene rings is 1. The molecule has 4 heterocycles. The fraction of sp³-hybridized carbons (Fsp3) is 0.261. The predicted molar refractivity (Wildman–Crippen MR) is 121 cm³/mol.